The summed E-state index contributed by atoms with van der Waals surface area (Å²) in [6.07, 6.45) is 0. The fraction of sp³-hybridized carbons (Fsp3) is 0.286. The smallest absolute Gasteiger partial charge is 0.254 e. The summed E-state index contributed by atoms with van der Waals surface area (Å²) >= 11 is 6.18. The van der Waals surface area contributed by atoms with Gasteiger partial charge in [-0.3, -0.25) is 14.7 Å². The molecule has 0 radical (unpaired) electrons. The van der Waals surface area contributed by atoms with Crippen molar-refractivity contribution in [2.75, 3.05) is 26.2 Å². The van der Waals surface area contributed by atoms with Crippen LogP contribution >= 0.6 is 11.6 Å². The summed E-state index contributed by atoms with van der Waals surface area (Å²) in [5.74, 6) is -0.0409. The highest BCUT2D eigenvalue weighted by Gasteiger charge is 2.68. The maximum absolute atomic E-state index is 13.5. The van der Waals surface area contributed by atoms with Gasteiger partial charge >= 0.3 is 0 Å². The van der Waals surface area contributed by atoms with Crippen LogP contribution in [0.4, 0.5) is 0 Å². The number of rotatable bonds is 2. The fourth-order valence-electron chi connectivity index (χ4n) is 7.10. The van der Waals surface area contributed by atoms with Gasteiger partial charge in [0.2, 0.25) is 0 Å². The molecule has 8 rings (SSSR count). The molecular formula is C28H23ClN6O3. The van der Waals surface area contributed by atoms with Gasteiger partial charge in [-0.2, -0.15) is 0 Å². The number of halogens is 1. The van der Waals surface area contributed by atoms with Crippen molar-refractivity contribution in [1.29, 1.82) is 0 Å². The Morgan fingerprint density at radius 2 is 1.61 bits per heavy atom. The molecule has 2 amide bonds. The van der Waals surface area contributed by atoms with E-state index in [4.69, 9.17) is 11.6 Å². The molecule has 2 aromatic heterocycles. The van der Waals surface area contributed by atoms with Crippen LogP contribution in [0.5, 0.6) is 0 Å². The van der Waals surface area contributed by atoms with E-state index in [0.717, 1.165) is 27.3 Å². The summed E-state index contributed by atoms with van der Waals surface area (Å²) in [6.45, 7) is 1.84. The average Bonchev–Trinajstić information content (AvgIpc) is 3.69. The standard InChI is InChI=1S/C28H23ClN6O3/c29-16-3-6-22-18(9-16)17-4-1-14(7-24(17)30-22)27(37)35-12-21-19-10-34(11-20(19)28(21,38)13-35)26(36)15-2-5-23-25(8-15)32-33-31-23/h1-9,19-21,30,38H,10-13H2,(H,31,32,33)/t19-,20+,21?,28?/m0/s1. The van der Waals surface area contributed by atoms with Gasteiger partial charge in [-0.25, -0.2) is 0 Å². The van der Waals surface area contributed by atoms with Crippen molar-refractivity contribution in [2.45, 2.75) is 5.60 Å². The van der Waals surface area contributed by atoms with E-state index in [1.807, 2.05) is 41.3 Å². The first-order chi connectivity index (χ1) is 18.4. The van der Waals surface area contributed by atoms with Gasteiger partial charge in [0.25, 0.3) is 11.8 Å². The minimum absolute atomic E-state index is 0.0359. The number of aromatic nitrogens is 4. The Labute approximate surface area is 221 Å². The molecule has 2 saturated heterocycles. The highest BCUT2D eigenvalue weighted by Crippen LogP contribution is 2.57. The summed E-state index contributed by atoms with van der Waals surface area (Å²) in [5.41, 5.74) is 3.47. The van der Waals surface area contributed by atoms with Crippen molar-refractivity contribution in [3.63, 3.8) is 0 Å². The molecule has 10 heteroatoms. The second kappa shape index (κ2) is 7.55. The molecule has 4 heterocycles. The zero-order valence-electron chi connectivity index (χ0n) is 20.2. The van der Waals surface area contributed by atoms with E-state index < -0.39 is 5.60 Å². The lowest BCUT2D eigenvalue weighted by atomic mass is 9.56. The Hall–Kier alpha value is -3.95. The number of fused-ring (bicyclic) bond motifs is 8. The highest BCUT2D eigenvalue weighted by molar-refractivity contribution is 6.31. The molecule has 1 saturated carbocycles. The summed E-state index contributed by atoms with van der Waals surface area (Å²) in [5, 5.41) is 24.9. The largest absolute Gasteiger partial charge is 0.387 e. The minimum Gasteiger partial charge on any atom is -0.387 e. The molecule has 9 nitrogen and oxygen atoms in total. The van der Waals surface area contributed by atoms with E-state index in [1.54, 1.807) is 23.1 Å². The number of carbonyl (C=O) groups excluding carboxylic acids is 2. The van der Waals surface area contributed by atoms with Gasteiger partial charge < -0.3 is 19.9 Å². The predicted octanol–water partition coefficient (Wildman–Crippen LogP) is 3.45. The van der Waals surface area contributed by atoms with Crippen molar-refractivity contribution in [3.8, 4) is 0 Å². The molecule has 5 aromatic rings. The molecule has 1 aliphatic carbocycles. The number of β-amino-alcohol motifs (C(OH)–C–C–N with tert-alkyl or cyclic N) is 1. The quantitative estimate of drug-likeness (QED) is 0.325. The molecule has 3 N–H and O–H groups in total. The van der Waals surface area contributed by atoms with Gasteiger partial charge in [0, 0.05) is 69.4 Å². The number of aromatic amines is 2. The van der Waals surface area contributed by atoms with E-state index in [9.17, 15) is 14.7 Å². The number of nitrogens with one attached hydrogen (secondary N) is 2. The fourth-order valence-corrected chi connectivity index (χ4v) is 7.27. The van der Waals surface area contributed by atoms with E-state index in [1.165, 1.54) is 0 Å². The molecule has 3 fully saturated rings. The number of H-pyrrole nitrogens is 2. The lowest BCUT2D eigenvalue weighted by Gasteiger charge is -2.50. The van der Waals surface area contributed by atoms with E-state index in [2.05, 4.69) is 20.4 Å². The predicted molar refractivity (Wildman–Crippen MR) is 142 cm³/mol. The summed E-state index contributed by atoms with van der Waals surface area (Å²) in [7, 11) is 0. The van der Waals surface area contributed by atoms with Crippen LogP contribution in [0.1, 0.15) is 20.7 Å². The lowest BCUT2D eigenvalue weighted by Crippen LogP contribution is -2.61. The third-order valence-corrected chi connectivity index (χ3v) is 9.22. The molecule has 0 bridgehead atoms. The second-order valence-electron chi connectivity index (χ2n) is 10.9. The topological polar surface area (TPSA) is 118 Å². The van der Waals surface area contributed by atoms with Gasteiger partial charge in [-0.1, -0.05) is 22.9 Å². The van der Waals surface area contributed by atoms with Crippen LogP contribution in [0.15, 0.2) is 54.6 Å². The van der Waals surface area contributed by atoms with Crippen LogP contribution < -0.4 is 0 Å². The van der Waals surface area contributed by atoms with E-state index in [0.29, 0.717) is 41.3 Å². The number of aliphatic hydroxyl groups is 1. The second-order valence-corrected chi connectivity index (χ2v) is 11.3. The normalized spacial score (nSPS) is 26.2. The lowest BCUT2D eigenvalue weighted by molar-refractivity contribution is -0.145. The third-order valence-electron chi connectivity index (χ3n) is 8.98. The highest BCUT2D eigenvalue weighted by atomic mass is 35.5. The van der Waals surface area contributed by atoms with Gasteiger partial charge in [-0.05, 0) is 54.4 Å². The summed E-state index contributed by atoms with van der Waals surface area (Å²) in [6, 6.07) is 16.7. The van der Waals surface area contributed by atoms with Crippen LogP contribution in [0.25, 0.3) is 32.8 Å². The molecule has 4 atom stereocenters. The minimum atomic E-state index is -0.965. The van der Waals surface area contributed by atoms with Crippen LogP contribution in [-0.4, -0.2) is 78.9 Å². The number of nitrogens with zero attached hydrogens (tertiary/aromatic N) is 4. The first-order valence-corrected chi connectivity index (χ1v) is 13.1. The monoisotopic (exact) mass is 526 g/mol. The SMILES string of the molecule is O=C(c1ccc2[nH]nnc2c1)N1C[C@@H]2C3CN(C(=O)c4ccc5c(c4)[nH]c4ccc(Cl)cc45)CC3(O)[C@@H]2C1. The first kappa shape index (κ1) is 22.1. The van der Waals surface area contributed by atoms with E-state index >= 15 is 0 Å². The van der Waals surface area contributed by atoms with Crippen molar-refractivity contribution in [2.24, 2.45) is 17.8 Å². The van der Waals surface area contributed by atoms with Gasteiger partial charge in [0.05, 0.1) is 17.7 Å². The number of hydrogen-bond acceptors (Lipinski definition) is 5. The van der Waals surface area contributed by atoms with Gasteiger partial charge in [0.15, 0.2) is 0 Å². The molecule has 190 valence electrons. The summed E-state index contributed by atoms with van der Waals surface area (Å²) in [4.78, 5) is 33.7. The van der Waals surface area contributed by atoms with Crippen LogP contribution in [0.3, 0.4) is 0 Å². The van der Waals surface area contributed by atoms with Crippen LogP contribution in [-0.2, 0) is 0 Å². The first-order valence-electron chi connectivity index (χ1n) is 12.7. The van der Waals surface area contributed by atoms with E-state index in [-0.39, 0.29) is 36.1 Å². The molecule has 2 aliphatic heterocycles. The average molecular weight is 527 g/mol. The maximum Gasteiger partial charge on any atom is 0.254 e. The molecule has 2 unspecified atom stereocenters. The van der Waals surface area contributed by atoms with Gasteiger partial charge in [0.1, 0.15) is 5.52 Å². The van der Waals surface area contributed by atoms with Crippen molar-refractivity contribution >= 4 is 56.3 Å². The molecular weight excluding hydrogens is 504 g/mol. The van der Waals surface area contributed by atoms with Crippen molar-refractivity contribution < 1.29 is 14.7 Å². The van der Waals surface area contributed by atoms with Gasteiger partial charge in [-0.15, -0.1) is 5.10 Å². The maximum atomic E-state index is 13.5. The number of benzene rings is 3. The number of carbonyl (C=O) groups is 2. The third kappa shape index (κ3) is 2.97. The number of hydrogen-bond donors (Lipinski definition) is 3. The number of amides is 2. The Morgan fingerprint density at radius 3 is 2.47 bits per heavy atom. The Balaban J connectivity index is 1.00. The molecule has 38 heavy (non-hydrogen) atoms. The Bertz CT molecular complexity index is 1810. The Morgan fingerprint density at radius 1 is 0.868 bits per heavy atom. The molecule has 3 aliphatic rings. The summed E-state index contributed by atoms with van der Waals surface area (Å²) < 4.78 is 0. The van der Waals surface area contributed by atoms with Crippen molar-refractivity contribution in [1.82, 2.24) is 30.2 Å². The zero-order valence-corrected chi connectivity index (χ0v) is 20.9. The van der Waals surface area contributed by atoms with Crippen LogP contribution in [0.2, 0.25) is 5.02 Å². The van der Waals surface area contributed by atoms with Crippen molar-refractivity contribution in [3.05, 3.63) is 70.7 Å². The van der Waals surface area contributed by atoms with Crippen LogP contribution in [0, 0.1) is 17.8 Å². The number of likely N-dealkylation sites (tertiary alicyclic amines) is 2. The zero-order chi connectivity index (χ0) is 25.8. The Kier molecular flexibility index (Phi) is 4.39. The molecule has 0 spiro atoms. The molecule has 3 aromatic carbocycles.